The molecule has 1 aromatic heterocycles. The van der Waals surface area contributed by atoms with E-state index in [2.05, 4.69) is 45.4 Å². The molecular weight excluding hydrogens is 334 g/mol. The Bertz CT molecular complexity index is 916. The third kappa shape index (κ3) is 2.98. The number of nitrogens with zero attached hydrogens (tertiary/aromatic N) is 3. The van der Waals surface area contributed by atoms with E-state index in [4.69, 9.17) is 9.47 Å². The van der Waals surface area contributed by atoms with Gasteiger partial charge in [-0.3, -0.25) is 0 Å². The molecule has 0 amide bonds. The van der Waals surface area contributed by atoms with Crippen LogP contribution >= 0.6 is 11.8 Å². The average Bonchev–Trinajstić information content (AvgIpc) is 2.89. The molecule has 0 spiro atoms. The van der Waals surface area contributed by atoms with Crippen LogP contribution < -0.4 is 14.4 Å². The molecule has 5 nitrogen and oxygen atoms in total. The molecule has 1 aliphatic rings. The van der Waals surface area contributed by atoms with Gasteiger partial charge in [0.1, 0.15) is 18.8 Å². The highest BCUT2D eigenvalue weighted by atomic mass is 32.2. The normalized spacial score (nSPS) is 13.9. The lowest BCUT2D eigenvalue weighted by atomic mass is 10.1. The van der Waals surface area contributed by atoms with Crippen LogP contribution in [0.2, 0.25) is 0 Å². The minimum atomic E-state index is 0.584. The maximum absolute atomic E-state index is 5.96. The van der Waals surface area contributed by atoms with Crippen molar-refractivity contribution in [2.75, 3.05) is 31.4 Å². The van der Waals surface area contributed by atoms with Gasteiger partial charge < -0.3 is 14.4 Å². The summed E-state index contributed by atoms with van der Waals surface area (Å²) in [5, 5.41) is 1.07. The van der Waals surface area contributed by atoms with Crippen molar-refractivity contribution in [2.24, 2.45) is 0 Å². The number of aromatic nitrogens is 2. The summed E-state index contributed by atoms with van der Waals surface area (Å²) < 4.78 is 11.4. The Hall–Kier alpha value is -2.47. The first-order valence-electron chi connectivity index (χ1n) is 8.12. The molecule has 2 aromatic carbocycles. The van der Waals surface area contributed by atoms with Crippen molar-refractivity contribution in [3.63, 3.8) is 0 Å². The molecule has 0 saturated carbocycles. The molecule has 6 heteroatoms. The number of para-hydroxylation sites is 1. The average molecular weight is 353 g/mol. The Kier molecular flexibility index (Phi) is 4.36. The maximum Gasteiger partial charge on any atom is 0.166 e. The number of benzene rings is 2. The van der Waals surface area contributed by atoms with E-state index >= 15 is 0 Å². The second-order valence-corrected chi connectivity index (χ2v) is 6.68. The minimum absolute atomic E-state index is 0.584. The number of rotatable bonds is 3. The zero-order chi connectivity index (χ0) is 17.2. The van der Waals surface area contributed by atoms with Gasteiger partial charge in [-0.1, -0.05) is 12.1 Å². The van der Waals surface area contributed by atoms with Gasteiger partial charge in [-0.05, 0) is 30.5 Å². The summed E-state index contributed by atoms with van der Waals surface area (Å²) >= 11 is 1.72. The van der Waals surface area contributed by atoms with Gasteiger partial charge in [0.2, 0.25) is 0 Å². The van der Waals surface area contributed by atoms with E-state index in [1.165, 1.54) is 4.90 Å². The monoisotopic (exact) mass is 353 g/mol. The van der Waals surface area contributed by atoms with Crippen LogP contribution in [-0.2, 0) is 6.54 Å². The van der Waals surface area contributed by atoms with E-state index in [0.29, 0.717) is 6.61 Å². The summed E-state index contributed by atoms with van der Waals surface area (Å²) in [6, 6.07) is 12.3. The van der Waals surface area contributed by atoms with Gasteiger partial charge in [-0.2, -0.15) is 0 Å². The Morgan fingerprint density at radius 2 is 2.12 bits per heavy atom. The van der Waals surface area contributed by atoms with Crippen molar-refractivity contribution in [3.05, 3.63) is 48.3 Å². The lowest BCUT2D eigenvalue weighted by Gasteiger charge is -2.22. The van der Waals surface area contributed by atoms with E-state index in [1.54, 1.807) is 25.2 Å². The standard InChI is InChI=1S/C19H19N3O2S/c1-23-17-5-3-4-13-11-22(8-9-24-18(13)17)19-15-10-14(25-2)6-7-16(15)20-12-21-19/h3-7,10,12H,8-9,11H2,1-2H3. The summed E-state index contributed by atoms with van der Waals surface area (Å²) in [5.41, 5.74) is 2.06. The Balaban J connectivity index is 1.78. The van der Waals surface area contributed by atoms with Crippen LogP contribution in [0.15, 0.2) is 47.6 Å². The summed E-state index contributed by atoms with van der Waals surface area (Å²) in [6.45, 7) is 2.07. The van der Waals surface area contributed by atoms with Crippen LogP contribution in [0.3, 0.4) is 0 Å². The summed E-state index contributed by atoms with van der Waals surface area (Å²) in [7, 11) is 1.67. The predicted molar refractivity (Wildman–Crippen MR) is 101 cm³/mol. The fourth-order valence-corrected chi connectivity index (χ4v) is 3.57. The van der Waals surface area contributed by atoms with Gasteiger partial charge in [0.05, 0.1) is 19.2 Å². The lowest BCUT2D eigenvalue weighted by molar-refractivity contribution is 0.305. The molecule has 1 aliphatic heterocycles. The maximum atomic E-state index is 5.96. The molecule has 0 fully saturated rings. The largest absolute Gasteiger partial charge is 0.493 e. The van der Waals surface area contributed by atoms with Crippen molar-refractivity contribution < 1.29 is 9.47 Å². The third-order valence-corrected chi connectivity index (χ3v) is 5.10. The molecule has 0 unspecified atom stereocenters. The smallest absolute Gasteiger partial charge is 0.166 e. The van der Waals surface area contributed by atoms with Crippen molar-refractivity contribution >= 4 is 28.5 Å². The minimum Gasteiger partial charge on any atom is -0.493 e. The van der Waals surface area contributed by atoms with Crippen LogP contribution in [0, 0.1) is 0 Å². The van der Waals surface area contributed by atoms with Gasteiger partial charge in [0.25, 0.3) is 0 Å². The van der Waals surface area contributed by atoms with E-state index in [1.807, 2.05) is 12.1 Å². The molecule has 0 radical (unpaired) electrons. The third-order valence-electron chi connectivity index (χ3n) is 4.37. The van der Waals surface area contributed by atoms with Crippen molar-refractivity contribution in [1.29, 1.82) is 0 Å². The van der Waals surface area contributed by atoms with Gasteiger partial charge in [0, 0.05) is 22.4 Å². The molecule has 0 bridgehead atoms. The molecule has 4 rings (SSSR count). The first-order chi connectivity index (χ1) is 12.3. The van der Waals surface area contributed by atoms with E-state index in [9.17, 15) is 0 Å². The fraction of sp³-hybridized carbons (Fsp3) is 0.263. The number of hydrogen-bond donors (Lipinski definition) is 0. The highest BCUT2D eigenvalue weighted by molar-refractivity contribution is 7.98. The van der Waals surface area contributed by atoms with Crippen LogP contribution in [0.1, 0.15) is 5.56 Å². The summed E-state index contributed by atoms with van der Waals surface area (Å²) in [5.74, 6) is 2.55. The molecule has 128 valence electrons. The SMILES string of the molecule is COc1cccc2c1OCCN(c1ncnc3ccc(SC)cc13)C2. The second kappa shape index (κ2) is 6.80. The Morgan fingerprint density at radius 1 is 1.20 bits per heavy atom. The summed E-state index contributed by atoms with van der Waals surface area (Å²) in [4.78, 5) is 12.4. The second-order valence-electron chi connectivity index (χ2n) is 5.80. The predicted octanol–water partition coefficient (Wildman–Crippen LogP) is 3.76. The topological polar surface area (TPSA) is 47.5 Å². The van der Waals surface area contributed by atoms with Crippen LogP contribution in [0.25, 0.3) is 10.9 Å². The van der Waals surface area contributed by atoms with Crippen molar-refractivity contribution in [2.45, 2.75) is 11.4 Å². The van der Waals surface area contributed by atoms with Crippen LogP contribution in [0.5, 0.6) is 11.5 Å². The lowest BCUT2D eigenvalue weighted by Crippen LogP contribution is -2.26. The number of thioether (sulfide) groups is 1. The van der Waals surface area contributed by atoms with Gasteiger partial charge in [0.15, 0.2) is 11.5 Å². The van der Waals surface area contributed by atoms with Gasteiger partial charge >= 0.3 is 0 Å². The van der Waals surface area contributed by atoms with Crippen molar-refractivity contribution in [3.8, 4) is 11.5 Å². The van der Waals surface area contributed by atoms with Crippen molar-refractivity contribution in [1.82, 2.24) is 9.97 Å². The number of fused-ring (bicyclic) bond motifs is 2. The molecule has 0 atom stereocenters. The number of hydrogen-bond acceptors (Lipinski definition) is 6. The number of ether oxygens (including phenoxy) is 2. The first kappa shape index (κ1) is 16.0. The van der Waals surface area contributed by atoms with Crippen LogP contribution in [-0.4, -0.2) is 36.5 Å². The number of methoxy groups -OCH3 is 1. The van der Waals surface area contributed by atoms with E-state index in [-0.39, 0.29) is 0 Å². The van der Waals surface area contributed by atoms with E-state index in [0.717, 1.165) is 46.9 Å². The molecule has 0 aliphatic carbocycles. The molecular formula is C19H19N3O2S. The summed E-state index contributed by atoms with van der Waals surface area (Å²) in [6.07, 6.45) is 3.71. The fourth-order valence-electron chi connectivity index (χ4n) is 3.13. The Labute approximate surface area is 151 Å². The highest BCUT2D eigenvalue weighted by Gasteiger charge is 2.21. The molecule has 25 heavy (non-hydrogen) atoms. The number of anilines is 1. The molecule has 0 saturated heterocycles. The van der Waals surface area contributed by atoms with E-state index < -0.39 is 0 Å². The first-order valence-corrected chi connectivity index (χ1v) is 9.35. The highest BCUT2D eigenvalue weighted by Crippen LogP contribution is 2.35. The Morgan fingerprint density at radius 3 is 2.96 bits per heavy atom. The van der Waals surface area contributed by atoms with Gasteiger partial charge in [-0.25, -0.2) is 9.97 Å². The molecule has 3 aromatic rings. The van der Waals surface area contributed by atoms with Gasteiger partial charge in [-0.15, -0.1) is 11.8 Å². The molecule has 0 N–H and O–H groups in total. The van der Waals surface area contributed by atoms with Crippen LogP contribution in [0.4, 0.5) is 5.82 Å². The quantitative estimate of drug-likeness (QED) is 0.668. The zero-order valence-electron chi connectivity index (χ0n) is 14.2. The molecule has 2 heterocycles. The zero-order valence-corrected chi connectivity index (χ0v) is 15.0.